The van der Waals surface area contributed by atoms with Crippen LogP contribution in [0.15, 0.2) is 4.79 Å². The highest BCUT2D eigenvalue weighted by atomic mass is 16.5. The number of rotatable bonds is 8. The highest BCUT2D eigenvalue weighted by Crippen LogP contribution is 2.22. The van der Waals surface area contributed by atoms with Gasteiger partial charge in [0.2, 0.25) is 0 Å². The molecule has 1 aromatic rings. The van der Waals surface area contributed by atoms with Crippen LogP contribution in [0.5, 0.6) is 0 Å². The standard InChI is InChI=1S/C20H35NO2/c1-15-16(2)21(23)17(3)18(19(15)22)13-11-9-7-8-10-12-14-20(4,5)6/h23H,7-14H2,1-6H3. The Morgan fingerprint density at radius 3 is 1.96 bits per heavy atom. The molecule has 1 heterocycles. The quantitative estimate of drug-likeness (QED) is 0.519. The van der Waals surface area contributed by atoms with Gasteiger partial charge < -0.3 is 5.21 Å². The minimum Gasteiger partial charge on any atom is -0.428 e. The molecule has 1 N–H and O–H groups in total. The molecule has 0 saturated heterocycles. The Bertz CT molecular complexity index is 564. The monoisotopic (exact) mass is 321 g/mol. The number of nitrogens with zero attached hydrogens (tertiary/aromatic N) is 1. The van der Waals surface area contributed by atoms with Gasteiger partial charge in [-0.2, -0.15) is 4.73 Å². The first-order chi connectivity index (χ1) is 10.6. The lowest BCUT2D eigenvalue weighted by molar-refractivity contribution is 0.169. The summed E-state index contributed by atoms with van der Waals surface area (Å²) in [5.41, 5.74) is 3.35. The summed E-state index contributed by atoms with van der Waals surface area (Å²) in [5.74, 6) is 0. The van der Waals surface area contributed by atoms with Crippen molar-refractivity contribution in [2.24, 2.45) is 5.41 Å². The van der Waals surface area contributed by atoms with E-state index < -0.39 is 0 Å². The molecule has 0 bridgehead atoms. The second kappa shape index (κ2) is 8.56. The number of hydrogen-bond acceptors (Lipinski definition) is 2. The largest absolute Gasteiger partial charge is 0.428 e. The van der Waals surface area contributed by atoms with Crippen molar-refractivity contribution in [3.63, 3.8) is 0 Å². The number of aromatic nitrogens is 1. The predicted octanol–water partition coefficient (Wildman–Crippen LogP) is 5.33. The molecule has 0 spiro atoms. The average molecular weight is 322 g/mol. The molecule has 1 rings (SSSR count). The Morgan fingerprint density at radius 2 is 1.39 bits per heavy atom. The molecule has 3 heteroatoms. The number of unbranched alkanes of at least 4 members (excludes halogenated alkanes) is 5. The molecule has 0 amide bonds. The SMILES string of the molecule is Cc1c(C)n(O)c(C)c(CCCCCCCCC(C)(C)C)c1=O. The van der Waals surface area contributed by atoms with Crippen LogP contribution in [0.4, 0.5) is 0 Å². The summed E-state index contributed by atoms with van der Waals surface area (Å²) in [5, 5.41) is 10.0. The zero-order valence-corrected chi connectivity index (χ0v) is 16.0. The highest BCUT2D eigenvalue weighted by Gasteiger charge is 2.13. The van der Waals surface area contributed by atoms with E-state index in [1.807, 2.05) is 6.92 Å². The Labute approximate surface area is 141 Å². The minimum atomic E-state index is 0.107. The fourth-order valence-corrected chi connectivity index (χ4v) is 3.05. The summed E-state index contributed by atoms with van der Waals surface area (Å²) in [7, 11) is 0. The van der Waals surface area contributed by atoms with Gasteiger partial charge in [-0.25, -0.2) is 0 Å². The Hall–Kier alpha value is -1.25. The van der Waals surface area contributed by atoms with Crippen molar-refractivity contribution in [2.45, 2.75) is 92.9 Å². The maximum Gasteiger partial charge on any atom is 0.188 e. The highest BCUT2D eigenvalue weighted by molar-refractivity contribution is 5.29. The molecule has 0 aromatic carbocycles. The molecule has 0 unspecified atom stereocenters. The molecule has 0 fully saturated rings. The van der Waals surface area contributed by atoms with Gasteiger partial charge in [0.25, 0.3) is 0 Å². The molecule has 23 heavy (non-hydrogen) atoms. The maximum absolute atomic E-state index is 12.3. The fourth-order valence-electron chi connectivity index (χ4n) is 3.05. The first-order valence-corrected chi connectivity index (χ1v) is 9.06. The summed E-state index contributed by atoms with van der Waals surface area (Å²) < 4.78 is 1.17. The van der Waals surface area contributed by atoms with Crippen LogP contribution in [0.1, 0.15) is 88.2 Å². The second-order valence-corrected chi connectivity index (χ2v) is 8.10. The third-order valence-corrected chi connectivity index (χ3v) is 4.83. The molecular formula is C20H35NO2. The molecule has 0 radical (unpaired) electrons. The fraction of sp³-hybridized carbons (Fsp3) is 0.750. The number of hydrogen-bond donors (Lipinski definition) is 1. The molecular weight excluding hydrogens is 286 g/mol. The lowest BCUT2D eigenvalue weighted by Gasteiger charge is -2.17. The third-order valence-electron chi connectivity index (χ3n) is 4.83. The minimum absolute atomic E-state index is 0.107. The van der Waals surface area contributed by atoms with Gasteiger partial charge in [0.1, 0.15) is 0 Å². The van der Waals surface area contributed by atoms with Crippen LogP contribution in [0.2, 0.25) is 0 Å². The molecule has 0 saturated carbocycles. The topological polar surface area (TPSA) is 42.2 Å². The lowest BCUT2D eigenvalue weighted by atomic mass is 9.89. The van der Waals surface area contributed by atoms with Gasteiger partial charge in [0.15, 0.2) is 5.43 Å². The molecule has 0 aliphatic heterocycles. The molecule has 3 nitrogen and oxygen atoms in total. The predicted molar refractivity (Wildman–Crippen MR) is 97.6 cm³/mol. The Balaban J connectivity index is 2.36. The van der Waals surface area contributed by atoms with E-state index in [0.717, 1.165) is 24.8 Å². The van der Waals surface area contributed by atoms with Gasteiger partial charge in [0.05, 0.1) is 11.4 Å². The van der Waals surface area contributed by atoms with Crippen molar-refractivity contribution < 1.29 is 5.21 Å². The zero-order chi connectivity index (χ0) is 17.6. The molecule has 132 valence electrons. The smallest absolute Gasteiger partial charge is 0.188 e. The van der Waals surface area contributed by atoms with E-state index in [1.54, 1.807) is 13.8 Å². The van der Waals surface area contributed by atoms with E-state index in [1.165, 1.54) is 36.8 Å². The van der Waals surface area contributed by atoms with Crippen molar-refractivity contribution in [1.29, 1.82) is 0 Å². The normalized spacial score (nSPS) is 11.9. The van der Waals surface area contributed by atoms with Crippen LogP contribution in [0.3, 0.4) is 0 Å². The van der Waals surface area contributed by atoms with E-state index in [4.69, 9.17) is 0 Å². The first kappa shape index (κ1) is 19.8. The van der Waals surface area contributed by atoms with E-state index in [0.29, 0.717) is 22.4 Å². The van der Waals surface area contributed by atoms with Crippen molar-refractivity contribution >= 4 is 0 Å². The van der Waals surface area contributed by atoms with Gasteiger partial charge in [-0.1, -0.05) is 52.9 Å². The van der Waals surface area contributed by atoms with Gasteiger partial charge in [-0.05, 0) is 45.4 Å². The summed E-state index contributed by atoms with van der Waals surface area (Å²) in [6.45, 7) is 12.3. The van der Waals surface area contributed by atoms with Crippen molar-refractivity contribution in [1.82, 2.24) is 4.73 Å². The van der Waals surface area contributed by atoms with Crippen LogP contribution in [0, 0.1) is 26.2 Å². The Kier molecular flexibility index (Phi) is 7.37. The molecule has 0 atom stereocenters. The van der Waals surface area contributed by atoms with Gasteiger partial charge in [0, 0.05) is 11.1 Å². The van der Waals surface area contributed by atoms with Crippen LogP contribution < -0.4 is 5.43 Å². The van der Waals surface area contributed by atoms with Gasteiger partial charge in [-0.3, -0.25) is 4.79 Å². The Morgan fingerprint density at radius 1 is 0.870 bits per heavy atom. The van der Waals surface area contributed by atoms with Crippen molar-refractivity contribution in [3.05, 3.63) is 32.7 Å². The third kappa shape index (κ3) is 6.04. The molecule has 0 aliphatic carbocycles. The molecule has 0 aliphatic rings. The lowest BCUT2D eigenvalue weighted by Crippen LogP contribution is -2.22. The summed E-state index contributed by atoms with van der Waals surface area (Å²) in [4.78, 5) is 12.3. The van der Waals surface area contributed by atoms with Crippen molar-refractivity contribution in [2.75, 3.05) is 0 Å². The maximum atomic E-state index is 12.3. The van der Waals surface area contributed by atoms with E-state index in [9.17, 15) is 10.0 Å². The van der Waals surface area contributed by atoms with Crippen molar-refractivity contribution in [3.8, 4) is 0 Å². The summed E-state index contributed by atoms with van der Waals surface area (Å²) >= 11 is 0. The van der Waals surface area contributed by atoms with E-state index in [-0.39, 0.29) is 5.43 Å². The zero-order valence-electron chi connectivity index (χ0n) is 16.0. The van der Waals surface area contributed by atoms with Crippen LogP contribution in [0.25, 0.3) is 0 Å². The van der Waals surface area contributed by atoms with Gasteiger partial charge in [-0.15, -0.1) is 0 Å². The second-order valence-electron chi connectivity index (χ2n) is 8.10. The van der Waals surface area contributed by atoms with E-state index in [2.05, 4.69) is 20.8 Å². The van der Waals surface area contributed by atoms with E-state index >= 15 is 0 Å². The molecule has 1 aromatic heterocycles. The average Bonchev–Trinajstić information content (AvgIpc) is 2.47. The summed E-state index contributed by atoms with van der Waals surface area (Å²) in [6.07, 6.45) is 9.40. The van der Waals surface area contributed by atoms with Gasteiger partial charge >= 0.3 is 0 Å². The summed E-state index contributed by atoms with van der Waals surface area (Å²) in [6, 6.07) is 0. The van der Waals surface area contributed by atoms with Crippen LogP contribution >= 0.6 is 0 Å². The first-order valence-electron chi connectivity index (χ1n) is 9.06. The van der Waals surface area contributed by atoms with Crippen LogP contribution in [-0.4, -0.2) is 9.94 Å². The van der Waals surface area contributed by atoms with Crippen LogP contribution in [-0.2, 0) is 6.42 Å². The number of pyridine rings is 1.